The zero-order valence-electron chi connectivity index (χ0n) is 15.2. The third-order valence-electron chi connectivity index (χ3n) is 5.17. The maximum Gasteiger partial charge on any atom is 0.130 e. The summed E-state index contributed by atoms with van der Waals surface area (Å²) in [6.45, 7) is 2.03. The molecule has 2 heterocycles. The number of thiophene rings is 1. The summed E-state index contributed by atoms with van der Waals surface area (Å²) < 4.78 is 7.50. The minimum atomic E-state index is 0.00925. The fraction of sp³-hybridized carbons (Fsp3) is 0.381. The molecule has 0 amide bonds. The van der Waals surface area contributed by atoms with Gasteiger partial charge in [0.25, 0.3) is 0 Å². The lowest BCUT2D eigenvalue weighted by Crippen LogP contribution is -2.41. The minimum Gasteiger partial charge on any atom is -0.488 e. The summed E-state index contributed by atoms with van der Waals surface area (Å²) in [7, 11) is 0. The van der Waals surface area contributed by atoms with Gasteiger partial charge in [-0.1, -0.05) is 18.0 Å². The molecule has 4 rings (SSSR count). The first-order valence-electron chi connectivity index (χ1n) is 9.28. The van der Waals surface area contributed by atoms with Gasteiger partial charge in [0.15, 0.2) is 0 Å². The van der Waals surface area contributed by atoms with E-state index in [1.807, 2.05) is 31.2 Å². The molecular weight excluding hydrogens is 380 g/mol. The summed E-state index contributed by atoms with van der Waals surface area (Å²) in [6, 6.07) is 7.85. The second kappa shape index (κ2) is 7.76. The Kier molecular flexibility index (Phi) is 5.37. The Hall–Kier alpha value is -1.66. The van der Waals surface area contributed by atoms with Gasteiger partial charge in [-0.05, 0) is 56.0 Å². The number of hydrogen-bond donors (Lipinski definition) is 2. The van der Waals surface area contributed by atoms with Crippen molar-refractivity contribution in [3.05, 3.63) is 45.9 Å². The second-order valence-electron chi connectivity index (χ2n) is 7.15. The van der Waals surface area contributed by atoms with Gasteiger partial charge in [0.2, 0.25) is 0 Å². The lowest BCUT2D eigenvalue weighted by atomic mass is 9.93. The highest BCUT2D eigenvalue weighted by atomic mass is 35.5. The highest BCUT2D eigenvalue weighted by Gasteiger charge is 2.26. The number of fused-ring (bicyclic) bond motifs is 1. The molecule has 6 heteroatoms. The number of aliphatic hydroxyl groups is 1. The fourth-order valence-electron chi connectivity index (χ4n) is 3.79. The molecule has 1 aromatic carbocycles. The van der Waals surface area contributed by atoms with Crippen LogP contribution in [0.4, 0.5) is 0 Å². The summed E-state index contributed by atoms with van der Waals surface area (Å²) in [5.74, 6) is 0.841. The minimum absolute atomic E-state index is 0.00925. The average molecular weight is 403 g/mol. The van der Waals surface area contributed by atoms with Crippen molar-refractivity contribution in [2.75, 3.05) is 0 Å². The third-order valence-corrected chi connectivity index (χ3v) is 6.53. The normalized spacial score (nSPS) is 20.1. The molecule has 2 atom stereocenters. The molecule has 142 valence electrons. The van der Waals surface area contributed by atoms with Crippen LogP contribution in [0.25, 0.3) is 21.3 Å². The van der Waals surface area contributed by atoms with Crippen LogP contribution in [0.1, 0.15) is 36.1 Å². The van der Waals surface area contributed by atoms with E-state index in [0.717, 1.165) is 63.2 Å². The zero-order chi connectivity index (χ0) is 19.0. The van der Waals surface area contributed by atoms with Crippen molar-refractivity contribution in [3.8, 4) is 16.9 Å². The monoisotopic (exact) mass is 402 g/mol. The van der Waals surface area contributed by atoms with Crippen LogP contribution in [-0.4, -0.2) is 22.2 Å². The molecule has 2 aromatic heterocycles. The van der Waals surface area contributed by atoms with Gasteiger partial charge in [-0.2, -0.15) is 0 Å². The van der Waals surface area contributed by atoms with Crippen molar-refractivity contribution in [3.63, 3.8) is 0 Å². The Balaban J connectivity index is 1.84. The van der Waals surface area contributed by atoms with Gasteiger partial charge < -0.3 is 15.6 Å². The summed E-state index contributed by atoms with van der Waals surface area (Å²) in [6.07, 6.45) is 6.09. The van der Waals surface area contributed by atoms with E-state index in [2.05, 4.69) is 4.98 Å². The average Bonchev–Trinajstić information content (AvgIpc) is 3.08. The molecule has 0 spiro atoms. The van der Waals surface area contributed by atoms with Crippen LogP contribution in [0.15, 0.2) is 30.5 Å². The van der Waals surface area contributed by atoms with Crippen molar-refractivity contribution >= 4 is 33.2 Å². The molecule has 4 nitrogen and oxygen atoms in total. The van der Waals surface area contributed by atoms with Crippen LogP contribution in [0.2, 0.25) is 5.02 Å². The van der Waals surface area contributed by atoms with Crippen LogP contribution < -0.4 is 10.5 Å². The SMILES string of the molecule is Cc1cc(Cl)cc(-c2ccnc3cc(CO)sc23)c1O[C@@H]1CCCC[C@@H]1N. The van der Waals surface area contributed by atoms with Gasteiger partial charge in [0.05, 0.1) is 16.8 Å². The maximum atomic E-state index is 9.51. The van der Waals surface area contributed by atoms with E-state index in [9.17, 15) is 5.11 Å². The highest BCUT2D eigenvalue weighted by Crippen LogP contribution is 2.42. The van der Waals surface area contributed by atoms with Crippen LogP contribution in [0, 0.1) is 6.92 Å². The van der Waals surface area contributed by atoms with Gasteiger partial charge in [0.1, 0.15) is 11.9 Å². The smallest absolute Gasteiger partial charge is 0.130 e. The standard InChI is InChI=1S/C21H23ClN2O2S/c1-12-8-13(22)9-16(20(12)26-19-5-3-2-4-17(19)23)15-6-7-24-18-10-14(11-25)27-21(15)18/h6-10,17,19,25H,2-5,11,23H2,1H3/t17-,19+/m0/s1. The largest absolute Gasteiger partial charge is 0.488 e. The van der Waals surface area contributed by atoms with Crippen molar-refractivity contribution < 1.29 is 9.84 Å². The van der Waals surface area contributed by atoms with Gasteiger partial charge in [-0.15, -0.1) is 11.3 Å². The molecule has 0 bridgehead atoms. The number of aryl methyl sites for hydroxylation is 1. The predicted molar refractivity (Wildman–Crippen MR) is 112 cm³/mol. The number of hydrogen-bond acceptors (Lipinski definition) is 5. The second-order valence-corrected chi connectivity index (χ2v) is 8.72. The van der Waals surface area contributed by atoms with Crippen LogP contribution in [0.3, 0.4) is 0 Å². The molecule has 0 aliphatic heterocycles. The molecule has 1 aliphatic rings. The van der Waals surface area contributed by atoms with Crippen molar-refractivity contribution in [2.45, 2.75) is 51.4 Å². The first-order valence-corrected chi connectivity index (χ1v) is 10.5. The number of aromatic nitrogens is 1. The third kappa shape index (κ3) is 3.69. The summed E-state index contributed by atoms with van der Waals surface area (Å²) in [5.41, 5.74) is 10.2. The number of ether oxygens (including phenoxy) is 1. The zero-order valence-corrected chi connectivity index (χ0v) is 16.8. The molecule has 1 aliphatic carbocycles. The van der Waals surface area contributed by atoms with E-state index in [1.165, 1.54) is 0 Å². The Labute approximate surface area is 167 Å². The van der Waals surface area contributed by atoms with Crippen molar-refractivity contribution in [2.24, 2.45) is 5.73 Å². The number of aliphatic hydroxyl groups excluding tert-OH is 1. The first kappa shape index (κ1) is 18.7. The number of halogens is 1. The molecule has 0 unspecified atom stereocenters. The van der Waals surface area contributed by atoms with Gasteiger partial charge in [-0.25, -0.2) is 0 Å². The molecule has 0 radical (unpaired) electrons. The number of nitrogens with two attached hydrogens (primary N) is 1. The van der Waals surface area contributed by atoms with E-state index in [1.54, 1.807) is 17.5 Å². The number of rotatable bonds is 4. The Morgan fingerprint density at radius 2 is 2.07 bits per heavy atom. The lowest BCUT2D eigenvalue weighted by Gasteiger charge is -2.30. The topological polar surface area (TPSA) is 68.4 Å². The number of pyridine rings is 1. The maximum absolute atomic E-state index is 9.51. The van der Waals surface area contributed by atoms with Crippen LogP contribution in [-0.2, 0) is 6.61 Å². The molecule has 3 aromatic rings. The Bertz CT molecular complexity index is 972. The predicted octanol–water partition coefficient (Wildman–Crippen LogP) is 5.07. The van der Waals surface area contributed by atoms with Gasteiger partial charge in [-0.3, -0.25) is 4.98 Å². The van der Waals surface area contributed by atoms with Crippen molar-refractivity contribution in [1.29, 1.82) is 0 Å². The highest BCUT2D eigenvalue weighted by molar-refractivity contribution is 7.19. The quantitative estimate of drug-likeness (QED) is 0.639. The number of benzene rings is 1. The first-order chi connectivity index (χ1) is 13.1. The fourth-order valence-corrected chi connectivity index (χ4v) is 5.06. The number of nitrogens with zero attached hydrogens (tertiary/aromatic N) is 1. The summed E-state index contributed by atoms with van der Waals surface area (Å²) >= 11 is 7.94. The van der Waals surface area contributed by atoms with Crippen LogP contribution in [0.5, 0.6) is 5.75 Å². The summed E-state index contributed by atoms with van der Waals surface area (Å²) in [4.78, 5) is 5.33. The van der Waals surface area contributed by atoms with Gasteiger partial charge in [0, 0.05) is 33.3 Å². The molecule has 1 saturated carbocycles. The Morgan fingerprint density at radius 3 is 2.85 bits per heavy atom. The van der Waals surface area contributed by atoms with E-state index in [4.69, 9.17) is 22.1 Å². The van der Waals surface area contributed by atoms with Gasteiger partial charge >= 0.3 is 0 Å². The van der Waals surface area contributed by atoms with E-state index in [-0.39, 0.29) is 18.8 Å². The molecule has 27 heavy (non-hydrogen) atoms. The van der Waals surface area contributed by atoms with E-state index in [0.29, 0.717) is 5.02 Å². The summed E-state index contributed by atoms with van der Waals surface area (Å²) in [5, 5.41) is 10.2. The molecule has 0 saturated heterocycles. The Morgan fingerprint density at radius 1 is 1.26 bits per heavy atom. The van der Waals surface area contributed by atoms with Crippen molar-refractivity contribution in [1.82, 2.24) is 4.98 Å². The molecular formula is C21H23ClN2O2S. The lowest BCUT2D eigenvalue weighted by molar-refractivity contribution is 0.132. The van der Waals surface area contributed by atoms with E-state index < -0.39 is 0 Å². The molecule has 3 N–H and O–H groups in total. The van der Waals surface area contributed by atoms with E-state index >= 15 is 0 Å². The van der Waals surface area contributed by atoms with Crippen LogP contribution >= 0.6 is 22.9 Å². The molecule has 1 fully saturated rings.